The number of carbonyl (C=O) groups is 1. The largest absolute Gasteiger partial charge is 0.394 e. The summed E-state index contributed by atoms with van der Waals surface area (Å²) in [6.45, 7) is -0.479. The maximum Gasteiger partial charge on any atom is 0.252 e. The molecule has 3 N–H and O–H groups in total. The summed E-state index contributed by atoms with van der Waals surface area (Å²) in [5.41, 5.74) is 0.449. The SMILES string of the molecule is N#Cc1c[c]ccc1C(=O)NCC(O)CO. The van der Waals surface area contributed by atoms with Gasteiger partial charge in [0.05, 0.1) is 29.9 Å². The van der Waals surface area contributed by atoms with E-state index in [4.69, 9.17) is 15.5 Å². The van der Waals surface area contributed by atoms with Crippen molar-refractivity contribution in [2.45, 2.75) is 6.10 Å². The first-order valence-electron chi connectivity index (χ1n) is 4.66. The molecule has 0 saturated carbocycles. The second-order valence-electron chi connectivity index (χ2n) is 3.13. The fraction of sp³-hybridized carbons (Fsp3) is 0.273. The number of aliphatic hydroxyl groups excluding tert-OH is 2. The van der Waals surface area contributed by atoms with Gasteiger partial charge in [0.15, 0.2) is 0 Å². The normalized spacial score (nSPS) is 11.6. The molecule has 1 atom stereocenters. The second kappa shape index (κ2) is 5.85. The Labute approximate surface area is 92.9 Å². The van der Waals surface area contributed by atoms with Crippen LogP contribution in [0.4, 0.5) is 0 Å². The second-order valence-corrected chi connectivity index (χ2v) is 3.13. The van der Waals surface area contributed by atoms with E-state index in [1.165, 1.54) is 18.2 Å². The number of rotatable bonds is 4. The molecule has 0 aromatic heterocycles. The van der Waals surface area contributed by atoms with Gasteiger partial charge in [-0.25, -0.2) is 0 Å². The van der Waals surface area contributed by atoms with E-state index in [0.717, 1.165) is 0 Å². The molecule has 0 fully saturated rings. The van der Waals surface area contributed by atoms with Crippen LogP contribution in [0, 0.1) is 17.4 Å². The Kier molecular flexibility index (Phi) is 4.45. The highest BCUT2D eigenvalue weighted by Gasteiger charge is 2.11. The van der Waals surface area contributed by atoms with E-state index < -0.39 is 18.6 Å². The van der Waals surface area contributed by atoms with Crippen molar-refractivity contribution in [1.29, 1.82) is 5.26 Å². The number of hydrogen-bond acceptors (Lipinski definition) is 4. The molecule has 1 radical (unpaired) electrons. The number of nitrogens with zero attached hydrogens (tertiary/aromatic N) is 1. The van der Waals surface area contributed by atoms with Crippen LogP contribution < -0.4 is 5.32 Å². The monoisotopic (exact) mass is 219 g/mol. The number of amides is 1. The van der Waals surface area contributed by atoms with Crippen molar-refractivity contribution in [2.75, 3.05) is 13.2 Å². The maximum absolute atomic E-state index is 11.6. The quantitative estimate of drug-likeness (QED) is 0.633. The van der Waals surface area contributed by atoms with Crippen molar-refractivity contribution >= 4 is 5.91 Å². The van der Waals surface area contributed by atoms with Crippen molar-refractivity contribution in [3.63, 3.8) is 0 Å². The van der Waals surface area contributed by atoms with E-state index in [-0.39, 0.29) is 17.7 Å². The Bertz CT molecular complexity index is 412. The molecule has 5 heteroatoms. The molecule has 16 heavy (non-hydrogen) atoms. The number of hydrogen-bond donors (Lipinski definition) is 3. The molecular formula is C11H11N2O3. The summed E-state index contributed by atoms with van der Waals surface area (Å²) in [5.74, 6) is -0.460. The van der Waals surface area contributed by atoms with Gasteiger partial charge in [0.1, 0.15) is 0 Å². The van der Waals surface area contributed by atoms with Gasteiger partial charge in [0.25, 0.3) is 5.91 Å². The molecule has 0 spiro atoms. The minimum atomic E-state index is -0.996. The number of nitrogens with one attached hydrogen (secondary N) is 1. The Morgan fingerprint density at radius 2 is 2.44 bits per heavy atom. The number of benzene rings is 1. The predicted molar refractivity (Wildman–Crippen MR) is 55.4 cm³/mol. The highest BCUT2D eigenvalue weighted by atomic mass is 16.3. The third-order valence-corrected chi connectivity index (χ3v) is 1.94. The van der Waals surface area contributed by atoms with Gasteiger partial charge in [-0.15, -0.1) is 0 Å². The van der Waals surface area contributed by atoms with Gasteiger partial charge < -0.3 is 15.5 Å². The zero-order valence-corrected chi connectivity index (χ0v) is 8.47. The van der Waals surface area contributed by atoms with Gasteiger partial charge in [-0.05, 0) is 18.2 Å². The molecule has 1 aromatic carbocycles. The lowest BCUT2D eigenvalue weighted by molar-refractivity contribution is 0.0802. The van der Waals surface area contributed by atoms with E-state index in [1.54, 1.807) is 0 Å². The zero-order chi connectivity index (χ0) is 12.0. The van der Waals surface area contributed by atoms with Crippen molar-refractivity contribution < 1.29 is 15.0 Å². The van der Waals surface area contributed by atoms with Crippen LogP contribution in [0.5, 0.6) is 0 Å². The van der Waals surface area contributed by atoms with Gasteiger partial charge in [-0.3, -0.25) is 4.79 Å². The summed E-state index contributed by atoms with van der Waals surface area (Å²) in [7, 11) is 0. The molecule has 0 aliphatic heterocycles. The Hall–Kier alpha value is -1.90. The molecule has 83 valence electrons. The fourth-order valence-corrected chi connectivity index (χ4v) is 1.09. The summed E-state index contributed by atoms with van der Waals surface area (Å²) < 4.78 is 0. The standard InChI is InChI=1S/C11H11N2O3/c12-5-8-3-1-2-4-10(8)11(16)13-6-9(15)7-14/h2-4,9,14-15H,6-7H2,(H,13,16). The van der Waals surface area contributed by atoms with Crippen LogP contribution in [-0.4, -0.2) is 35.4 Å². The lowest BCUT2D eigenvalue weighted by Gasteiger charge is -2.09. The highest BCUT2D eigenvalue weighted by Crippen LogP contribution is 2.06. The van der Waals surface area contributed by atoms with E-state index >= 15 is 0 Å². The van der Waals surface area contributed by atoms with Crippen LogP contribution in [0.3, 0.4) is 0 Å². The van der Waals surface area contributed by atoms with Gasteiger partial charge in [0, 0.05) is 6.54 Å². The lowest BCUT2D eigenvalue weighted by Crippen LogP contribution is -2.34. The molecule has 0 aliphatic carbocycles. The van der Waals surface area contributed by atoms with Crippen LogP contribution in [0.15, 0.2) is 18.2 Å². The van der Waals surface area contributed by atoms with Crippen molar-refractivity contribution in [3.05, 3.63) is 35.4 Å². The first-order chi connectivity index (χ1) is 7.69. The summed E-state index contributed by atoms with van der Waals surface area (Å²) in [6.07, 6.45) is -0.996. The van der Waals surface area contributed by atoms with Gasteiger partial charge in [-0.2, -0.15) is 5.26 Å². The van der Waals surface area contributed by atoms with Crippen molar-refractivity contribution in [3.8, 4) is 6.07 Å². The number of aliphatic hydroxyl groups is 2. The van der Waals surface area contributed by atoms with Crippen LogP contribution in [0.2, 0.25) is 0 Å². The predicted octanol–water partition coefficient (Wildman–Crippen LogP) is -0.559. The summed E-state index contributed by atoms with van der Waals surface area (Å²) in [5, 5.41) is 28.8. The van der Waals surface area contributed by atoms with Gasteiger partial charge >= 0.3 is 0 Å². The average molecular weight is 219 g/mol. The molecule has 0 heterocycles. The smallest absolute Gasteiger partial charge is 0.252 e. The Morgan fingerprint density at radius 3 is 3.06 bits per heavy atom. The van der Waals surface area contributed by atoms with E-state index in [2.05, 4.69) is 11.4 Å². The average Bonchev–Trinajstić information content (AvgIpc) is 2.35. The van der Waals surface area contributed by atoms with Crippen molar-refractivity contribution in [2.24, 2.45) is 0 Å². The molecular weight excluding hydrogens is 208 g/mol. The maximum atomic E-state index is 11.6. The van der Waals surface area contributed by atoms with Crippen molar-refractivity contribution in [1.82, 2.24) is 5.32 Å². The number of nitriles is 1. The molecule has 0 aliphatic rings. The summed E-state index contributed by atoms with van der Waals surface area (Å²) in [4.78, 5) is 11.6. The minimum absolute atomic E-state index is 0.0567. The van der Waals surface area contributed by atoms with Crippen LogP contribution in [-0.2, 0) is 0 Å². The minimum Gasteiger partial charge on any atom is -0.394 e. The molecule has 1 amide bonds. The van der Waals surface area contributed by atoms with E-state index in [0.29, 0.717) is 0 Å². The molecule has 1 aromatic rings. The first kappa shape index (κ1) is 12.2. The highest BCUT2D eigenvalue weighted by molar-refractivity contribution is 5.96. The first-order valence-corrected chi connectivity index (χ1v) is 4.66. The molecule has 1 unspecified atom stereocenters. The molecule has 5 nitrogen and oxygen atoms in total. The summed E-state index contributed by atoms with van der Waals surface area (Å²) in [6, 6.07) is 8.98. The van der Waals surface area contributed by atoms with E-state index in [9.17, 15) is 4.79 Å². The van der Waals surface area contributed by atoms with Gasteiger partial charge in [0.2, 0.25) is 0 Å². The third kappa shape index (κ3) is 3.05. The molecule has 1 rings (SSSR count). The summed E-state index contributed by atoms with van der Waals surface area (Å²) >= 11 is 0. The van der Waals surface area contributed by atoms with Crippen LogP contribution >= 0.6 is 0 Å². The van der Waals surface area contributed by atoms with Crippen LogP contribution in [0.1, 0.15) is 15.9 Å². The van der Waals surface area contributed by atoms with Gasteiger partial charge in [-0.1, -0.05) is 6.07 Å². The van der Waals surface area contributed by atoms with E-state index in [1.807, 2.05) is 6.07 Å². The topological polar surface area (TPSA) is 93.4 Å². The molecule has 0 bridgehead atoms. The Morgan fingerprint density at radius 1 is 1.69 bits per heavy atom. The number of carbonyl (C=O) groups excluding carboxylic acids is 1. The Balaban J connectivity index is 2.70. The lowest BCUT2D eigenvalue weighted by atomic mass is 10.1. The zero-order valence-electron chi connectivity index (χ0n) is 8.47. The van der Waals surface area contributed by atoms with Crippen LogP contribution in [0.25, 0.3) is 0 Å². The third-order valence-electron chi connectivity index (χ3n) is 1.94. The molecule has 0 saturated heterocycles. The fourth-order valence-electron chi connectivity index (χ4n) is 1.09.